The van der Waals surface area contributed by atoms with Crippen LogP contribution >= 0.6 is 11.8 Å². The van der Waals surface area contributed by atoms with Gasteiger partial charge in [-0.05, 0) is 12.1 Å². The minimum absolute atomic E-state index is 0.0675. The summed E-state index contributed by atoms with van der Waals surface area (Å²) in [6.07, 6.45) is 0. The van der Waals surface area contributed by atoms with Crippen molar-refractivity contribution in [3.8, 4) is 17.1 Å². The second-order valence-electron chi connectivity index (χ2n) is 5.91. The van der Waals surface area contributed by atoms with Crippen molar-refractivity contribution < 1.29 is 4.79 Å². The number of carbonyl (C=O) groups excluding carboxylic acids is 1. The van der Waals surface area contributed by atoms with E-state index in [1.54, 1.807) is 0 Å². The van der Waals surface area contributed by atoms with Crippen molar-refractivity contribution in [1.82, 2.24) is 14.8 Å². The number of benzene rings is 3. The van der Waals surface area contributed by atoms with E-state index in [0.717, 1.165) is 17.1 Å². The van der Waals surface area contributed by atoms with Crippen molar-refractivity contribution in [3.05, 3.63) is 96.6 Å². The van der Waals surface area contributed by atoms with E-state index in [4.69, 9.17) is 0 Å². The summed E-state index contributed by atoms with van der Waals surface area (Å²) in [6.45, 7) is 0. The molecule has 0 saturated carbocycles. The summed E-state index contributed by atoms with van der Waals surface area (Å²) in [5, 5.41) is 5.22. The fourth-order valence-corrected chi connectivity index (χ4v) is 3.43. The Labute approximate surface area is 161 Å². The molecule has 0 fully saturated rings. The van der Waals surface area contributed by atoms with Crippen LogP contribution in [0, 0.1) is 0 Å². The number of ketones is 1. The lowest BCUT2D eigenvalue weighted by atomic mass is 10.2. The molecule has 5 heteroatoms. The predicted molar refractivity (Wildman–Crippen MR) is 108 cm³/mol. The number of hydrogen-bond acceptors (Lipinski definition) is 4. The van der Waals surface area contributed by atoms with Crippen LogP contribution in [0.1, 0.15) is 10.4 Å². The Morgan fingerprint density at radius 1 is 0.815 bits per heavy atom. The van der Waals surface area contributed by atoms with Crippen LogP contribution in [0.3, 0.4) is 0 Å². The van der Waals surface area contributed by atoms with E-state index in [0.29, 0.717) is 16.5 Å². The molecule has 1 heterocycles. The van der Waals surface area contributed by atoms with Gasteiger partial charge in [-0.3, -0.25) is 4.79 Å². The molecule has 1 aromatic heterocycles. The fraction of sp³-hybridized carbons (Fsp3) is 0.0455. The molecule has 0 radical (unpaired) electrons. The summed E-state index contributed by atoms with van der Waals surface area (Å²) < 4.78 is 1.82. The molecule has 132 valence electrons. The molecule has 0 spiro atoms. The van der Waals surface area contributed by atoms with Gasteiger partial charge in [0.25, 0.3) is 0 Å². The summed E-state index contributed by atoms with van der Waals surface area (Å²) in [6, 6.07) is 29.1. The number of hydrogen-bond donors (Lipinski definition) is 0. The van der Waals surface area contributed by atoms with E-state index >= 15 is 0 Å². The maximum Gasteiger partial charge on any atom is 0.209 e. The van der Waals surface area contributed by atoms with E-state index in [2.05, 4.69) is 10.1 Å². The number of Topliss-reactive ketones (excluding diaryl/α,β-unsaturated/α-hetero) is 1. The quantitative estimate of drug-likeness (QED) is 0.357. The van der Waals surface area contributed by atoms with Crippen molar-refractivity contribution >= 4 is 17.5 Å². The van der Waals surface area contributed by atoms with Gasteiger partial charge in [-0.1, -0.05) is 90.6 Å². The zero-order valence-corrected chi connectivity index (χ0v) is 15.3. The third kappa shape index (κ3) is 3.99. The van der Waals surface area contributed by atoms with Crippen molar-refractivity contribution in [1.29, 1.82) is 0 Å². The highest BCUT2D eigenvalue weighted by Gasteiger charge is 2.15. The van der Waals surface area contributed by atoms with Crippen molar-refractivity contribution in [2.75, 3.05) is 5.75 Å². The number of aromatic nitrogens is 3. The fourth-order valence-electron chi connectivity index (χ4n) is 2.72. The van der Waals surface area contributed by atoms with Gasteiger partial charge in [-0.15, -0.1) is 5.10 Å². The average Bonchev–Trinajstić information content (AvgIpc) is 3.18. The van der Waals surface area contributed by atoms with E-state index in [1.807, 2.05) is 95.7 Å². The minimum Gasteiger partial charge on any atom is -0.293 e. The first kappa shape index (κ1) is 17.2. The Hall–Kier alpha value is -3.18. The highest BCUT2D eigenvalue weighted by molar-refractivity contribution is 7.99. The molecule has 0 aliphatic carbocycles. The van der Waals surface area contributed by atoms with Crippen molar-refractivity contribution in [3.63, 3.8) is 0 Å². The Balaban J connectivity index is 1.62. The SMILES string of the molecule is O=C(CSc1nc(-c2ccccc2)n(-c2ccccc2)n1)c1ccccc1. The van der Waals surface area contributed by atoms with Crippen LogP contribution in [0.4, 0.5) is 0 Å². The summed E-state index contributed by atoms with van der Waals surface area (Å²) in [4.78, 5) is 17.1. The molecule has 3 aromatic carbocycles. The second kappa shape index (κ2) is 8.01. The normalized spacial score (nSPS) is 10.7. The molecule has 0 unspecified atom stereocenters. The Bertz CT molecular complexity index is 974. The summed E-state index contributed by atoms with van der Waals surface area (Å²) in [5.41, 5.74) is 2.62. The molecule has 0 saturated heterocycles. The topological polar surface area (TPSA) is 47.8 Å². The van der Waals surface area contributed by atoms with Gasteiger partial charge in [0, 0.05) is 11.1 Å². The maximum atomic E-state index is 12.4. The lowest BCUT2D eigenvalue weighted by Crippen LogP contribution is -2.02. The van der Waals surface area contributed by atoms with Crippen LogP contribution < -0.4 is 0 Å². The van der Waals surface area contributed by atoms with Gasteiger partial charge in [-0.2, -0.15) is 0 Å². The number of nitrogens with zero attached hydrogens (tertiary/aromatic N) is 3. The number of para-hydroxylation sites is 1. The van der Waals surface area contributed by atoms with Crippen LogP contribution in [0.5, 0.6) is 0 Å². The highest BCUT2D eigenvalue weighted by Crippen LogP contribution is 2.25. The van der Waals surface area contributed by atoms with Gasteiger partial charge in [-0.25, -0.2) is 9.67 Å². The van der Waals surface area contributed by atoms with E-state index < -0.39 is 0 Å². The zero-order valence-electron chi connectivity index (χ0n) is 14.5. The van der Waals surface area contributed by atoms with Crippen LogP contribution in [0.25, 0.3) is 17.1 Å². The standard InChI is InChI=1S/C22H17N3OS/c26-20(17-10-4-1-5-11-17)16-27-22-23-21(18-12-6-2-7-13-18)25(24-22)19-14-8-3-9-15-19/h1-15H,16H2. The van der Waals surface area contributed by atoms with Crippen LogP contribution in [0.2, 0.25) is 0 Å². The van der Waals surface area contributed by atoms with E-state index in [1.165, 1.54) is 11.8 Å². The first-order valence-electron chi connectivity index (χ1n) is 8.60. The monoisotopic (exact) mass is 371 g/mol. The minimum atomic E-state index is 0.0675. The molecule has 0 aliphatic heterocycles. The highest BCUT2D eigenvalue weighted by atomic mass is 32.2. The molecular formula is C22H17N3OS. The number of rotatable bonds is 6. The first-order valence-corrected chi connectivity index (χ1v) is 9.59. The first-order chi connectivity index (χ1) is 13.3. The maximum absolute atomic E-state index is 12.4. The molecule has 27 heavy (non-hydrogen) atoms. The van der Waals surface area contributed by atoms with Crippen LogP contribution in [-0.4, -0.2) is 26.3 Å². The van der Waals surface area contributed by atoms with E-state index in [-0.39, 0.29) is 5.78 Å². The third-order valence-electron chi connectivity index (χ3n) is 4.05. The molecule has 0 bridgehead atoms. The molecule has 4 nitrogen and oxygen atoms in total. The van der Waals surface area contributed by atoms with E-state index in [9.17, 15) is 4.79 Å². The smallest absolute Gasteiger partial charge is 0.209 e. The molecule has 0 amide bonds. The molecule has 4 rings (SSSR count). The Kier molecular flexibility index (Phi) is 5.12. The average molecular weight is 371 g/mol. The van der Waals surface area contributed by atoms with Crippen molar-refractivity contribution in [2.45, 2.75) is 5.16 Å². The number of carbonyl (C=O) groups is 1. The van der Waals surface area contributed by atoms with Gasteiger partial charge >= 0.3 is 0 Å². The van der Waals surface area contributed by atoms with Gasteiger partial charge in [0.2, 0.25) is 5.16 Å². The lowest BCUT2D eigenvalue weighted by molar-refractivity contribution is 0.102. The zero-order chi connectivity index (χ0) is 18.5. The molecule has 0 aliphatic rings. The Morgan fingerprint density at radius 3 is 2.07 bits per heavy atom. The third-order valence-corrected chi connectivity index (χ3v) is 4.89. The van der Waals surface area contributed by atoms with Crippen LogP contribution in [-0.2, 0) is 0 Å². The number of thioether (sulfide) groups is 1. The predicted octanol–water partition coefficient (Wildman–Crippen LogP) is 4.91. The summed E-state index contributed by atoms with van der Waals surface area (Å²) in [5.74, 6) is 1.13. The van der Waals surface area contributed by atoms with Gasteiger partial charge < -0.3 is 0 Å². The van der Waals surface area contributed by atoms with Gasteiger partial charge in [0.15, 0.2) is 11.6 Å². The molecular weight excluding hydrogens is 354 g/mol. The lowest BCUT2D eigenvalue weighted by Gasteiger charge is -2.05. The molecule has 0 N–H and O–H groups in total. The van der Waals surface area contributed by atoms with Gasteiger partial charge in [0.1, 0.15) is 0 Å². The van der Waals surface area contributed by atoms with Gasteiger partial charge in [0.05, 0.1) is 11.4 Å². The summed E-state index contributed by atoms with van der Waals surface area (Å²) in [7, 11) is 0. The van der Waals surface area contributed by atoms with Crippen LogP contribution in [0.15, 0.2) is 96.2 Å². The largest absolute Gasteiger partial charge is 0.293 e. The molecule has 0 atom stereocenters. The molecule has 4 aromatic rings. The summed E-state index contributed by atoms with van der Waals surface area (Å²) >= 11 is 1.36. The van der Waals surface area contributed by atoms with Crippen molar-refractivity contribution in [2.24, 2.45) is 0 Å². The Morgan fingerprint density at radius 2 is 1.41 bits per heavy atom. The second-order valence-corrected chi connectivity index (χ2v) is 6.85.